The van der Waals surface area contributed by atoms with E-state index in [2.05, 4.69) is 20.3 Å². The van der Waals surface area contributed by atoms with E-state index in [0.717, 1.165) is 12.4 Å². The van der Waals surface area contributed by atoms with Gasteiger partial charge in [0.15, 0.2) is 0 Å². The van der Waals surface area contributed by atoms with Gasteiger partial charge in [-0.25, -0.2) is 9.97 Å². The molecule has 0 aliphatic rings. The second kappa shape index (κ2) is 5.49. The zero-order valence-electron chi connectivity index (χ0n) is 9.69. The third-order valence-corrected chi connectivity index (χ3v) is 3.27. The minimum Gasteiger partial charge on any atom is -0.290 e. The van der Waals surface area contributed by atoms with Gasteiger partial charge in [0, 0.05) is 0 Å². The van der Waals surface area contributed by atoms with Crippen molar-refractivity contribution in [3.05, 3.63) is 41.4 Å². The highest BCUT2D eigenvalue weighted by Gasteiger charge is 2.20. The highest BCUT2D eigenvalue weighted by Crippen LogP contribution is 2.16. The van der Waals surface area contributed by atoms with Crippen LogP contribution in [0.25, 0.3) is 0 Å². The molecule has 104 valence electrons. The lowest BCUT2D eigenvalue weighted by atomic mass is 10.2. The maximum absolute atomic E-state index is 12.0. The van der Waals surface area contributed by atoms with E-state index < -0.39 is 20.9 Å². The first-order chi connectivity index (χ1) is 9.38. The quantitative estimate of drug-likeness (QED) is 0.811. The number of hydrogen-bond donors (Lipinski definition) is 2. The van der Waals surface area contributed by atoms with E-state index in [1.165, 1.54) is 18.2 Å². The van der Waals surface area contributed by atoms with Crippen LogP contribution in [-0.4, -0.2) is 33.8 Å². The van der Waals surface area contributed by atoms with Gasteiger partial charge in [-0.1, -0.05) is 12.1 Å². The lowest BCUT2D eigenvalue weighted by molar-refractivity contribution is 0.102. The largest absolute Gasteiger partial charge is 0.295 e. The third-order valence-electron chi connectivity index (χ3n) is 2.18. The summed E-state index contributed by atoms with van der Waals surface area (Å²) in [6, 6.07) is 5.16. The van der Waals surface area contributed by atoms with Gasteiger partial charge < -0.3 is 0 Å². The van der Waals surface area contributed by atoms with E-state index >= 15 is 0 Å². The molecule has 0 unspecified atom stereocenters. The summed E-state index contributed by atoms with van der Waals surface area (Å²) in [6.45, 7) is 0. The van der Waals surface area contributed by atoms with Crippen LogP contribution >= 0.6 is 11.6 Å². The van der Waals surface area contributed by atoms with Crippen LogP contribution in [-0.2, 0) is 10.1 Å². The minimum absolute atomic E-state index is 0.127. The third kappa shape index (κ3) is 3.26. The molecule has 0 radical (unpaired) electrons. The van der Waals surface area contributed by atoms with E-state index in [0.29, 0.717) is 0 Å². The van der Waals surface area contributed by atoms with Crippen molar-refractivity contribution in [3.8, 4) is 0 Å². The number of anilines is 1. The average Bonchev–Trinajstić information content (AvgIpc) is 2.37. The Kier molecular flexibility index (Phi) is 3.93. The van der Waals surface area contributed by atoms with Gasteiger partial charge in [0.05, 0.1) is 5.56 Å². The molecule has 1 heterocycles. The Labute approximate surface area is 118 Å². The van der Waals surface area contributed by atoms with Gasteiger partial charge >= 0.3 is 0 Å². The molecule has 1 aromatic carbocycles. The molecule has 0 spiro atoms. The number of carbonyl (C=O) groups is 1. The number of rotatable bonds is 3. The fourth-order valence-corrected chi connectivity index (χ4v) is 2.20. The summed E-state index contributed by atoms with van der Waals surface area (Å²) in [5, 5.41) is 2.12. The SMILES string of the molecule is O=C(Nc1ncnc(Cl)n1)c1ccccc1S(=O)(=O)O. The van der Waals surface area contributed by atoms with Crippen LogP contribution in [0, 0.1) is 0 Å². The molecule has 0 aliphatic heterocycles. The van der Waals surface area contributed by atoms with E-state index in [-0.39, 0.29) is 16.8 Å². The van der Waals surface area contributed by atoms with Crippen molar-refractivity contribution in [1.29, 1.82) is 0 Å². The first-order valence-corrected chi connectivity index (χ1v) is 6.92. The molecule has 20 heavy (non-hydrogen) atoms. The minimum atomic E-state index is -4.52. The van der Waals surface area contributed by atoms with Gasteiger partial charge in [0.2, 0.25) is 11.2 Å². The van der Waals surface area contributed by atoms with Gasteiger partial charge in [-0.05, 0) is 23.7 Å². The van der Waals surface area contributed by atoms with E-state index in [4.69, 9.17) is 16.2 Å². The maximum atomic E-state index is 12.0. The Morgan fingerprint density at radius 1 is 1.25 bits per heavy atom. The van der Waals surface area contributed by atoms with Crippen LogP contribution < -0.4 is 5.32 Å². The van der Waals surface area contributed by atoms with E-state index in [1.807, 2.05) is 0 Å². The number of benzene rings is 1. The van der Waals surface area contributed by atoms with Crippen LogP contribution in [0.5, 0.6) is 0 Å². The molecule has 2 aromatic rings. The lowest BCUT2D eigenvalue weighted by Gasteiger charge is -2.06. The molecule has 10 heteroatoms. The van der Waals surface area contributed by atoms with Crippen molar-refractivity contribution in [2.75, 3.05) is 5.32 Å². The van der Waals surface area contributed by atoms with E-state index in [9.17, 15) is 13.2 Å². The summed E-state index contributed by atoms with van der Waals surface area (Å²) in [6.07, 6.45) is 1.08. The number of amides is 1. The van der Waals surface area contributed by atoms with Crippen molar-refractivity contribution >= 4 is 33.6 Å². The Morgan fingerprint density at radius 3 is 2.60 bits per heavy atom. The molecule has 8 nitrogen and oxygen atoms in total. The van der Waals surface area contributed by atoms with Gasteiger partial charge in [-0.3, -0.25) is 14.7 Å². The summed E-state index contributed by atoms with van der Waals surface area (Å²) in [5.41, 5.74) is -0.244. The average molecular weight is 315 g/mol. The highest BCUT2D eigenvalue weighted by molar-refractivity contribution is 7.86. The molecular weight excluding hydrogens is 308 g/mol. The van der Waals surface area contributed by atoms with Crippen LogP contribution in [0.3, 0.4) is 0 Å². The summed E-state index contributed by atoms with van der Waals surface area (Å²) in [5.74, 6) is -0.944. The van der Waals surface area contributed by atoms with Crippen molar-refractivity contribution in [1.82, 2.24) is 15.0 Å². The van der Waals surface area contributed by atoms with Crippen LogP contribution in [0.4, 0.5) is 5.95 Å². The molecule has 0 fully saturated rings. The maximum Gasteiger partial charge on any atom is 0.295 e. The van der Waals surface area contributed by atoms with Crippen molar-refractivity contribution in [3.63, 3.8) is 0 Å². The number of halogens is 1. The second-order valence-electron chi connectivity index (χ2n) is 3.50. The molecule has 1 amide bonds. The normalized spacial score (nSPS) is 11.1. The molecule has 0 aliphatic carbocycles. The first kappa shape index (κ1) is 14.3. The zero-order valence-corrected chi connectivity index (χ0v) is 11.3. The van der Waals surface area contributed by atoms with E-state index in [1.54, 1.807) is 0 Å². The monoisotopic (exact) mass is 314 g/mol. The second-order valence-corrected chi connectivity index (χ2v) is 5.23. The van der Waals surface area contributed by atoms with Crippen molar-refractivity contribution < 1.29 is 17.8 Å². The predicted octanol–water partition coefficient (Wildman–Crippen LogP) is 1.02. The molecule has 0 saturated heterocycles. The Morgan fingerprint density at radius 2 is 1.95 bits per heavy atom. The molecule has 0 bridgehead atoms. The van der Waals surface area contributed by atoms with Crippen LogP contribution in [0.2, 0.25) is 5.28 Å². The number of nitrogens with zero attached hydrogens (tertiary/aromatic N) is 3. The fourth-order valence-electron chi connectivity index (χ4n) is 1.38. The topological polar surface area (TPSA) is 122 Å². The number of hydrogen-bond acceptors (Lipinski definition) is 6. The zero-order chi connectivity index (χ0) is 14.8. The standard InChI is InChI=1S/C10H7ClN4O4S/c11-9-12-5-13-10(15-9)14-8(16)6-3-1-2-4-7(6)20(17,18)19/h1-5H,(H,17,18,19)(H,12,13,14,15,16). The van der Waals surface area contributed by atoms with Crippen molar-refractivity contribution in [2.45, 2.75) is 4.90 Å². The van der Waals surface area contributed by atoms with Gasteiger partial charge in [0.25, 0.3) is 16.0 Å². The smallest absolute Gasteiger partial charge is 0.290 e. The number of aromatic nitrogens is 3. The summed E-state index contributed by atoms with van der Waals surface area (Å²) >= 11 is 5.53. The number of nitrogens with one attached hydrogen (secondary N) is 1. The predicted molar refractivity (Wildman–Crippen MR) is 69.0 cm³/mol. The summed E-state index contributed by atoms with van der Waals surface area (Å²) < 4.78 is 31.4. The highest BCUT2D eigenvalue weighted by atomic mass is 35.5. The van der Waals surface area contributed by atoms with Gasteiger partial charge in [-0.2, -0.15) is 13.4 Å². The molecule has 1 aromatic heterocycles. The molecule has 2 N–H and O–H groups in total. The molecule has 0 saturated carbocycles. The fraction of sp³-hybridized carbons (Fsp3) is 0. The summed E-state index contributed by atoms with van der Waals surface area (Å²) in [7, 11) is -4.52. The number of carbonyl (C=O) groups excluding carboxylic acids is 1. The van der Waals surface area contributed by atoms with Gasteiger partial charge in [0.1, 0.15) is 11.2 Å². The Hall–Kier alpha value is -2.10. The van der Waals surface area contributed by atoms with Crippen LogP contribution in [0.1, 0.15) is 10.4 Å². The Bertz CT molecular complexity index is 765. The van der Waals surface area contributed by atoms with Crippen LogP contribution in [0.15, 0.2) is 35.5 Å². The summed E-state index contributed by atoms with van der Waals surface area (Å²) in [4.78, 5) is 22.3. The molecule has 0 atom stereocenters. The Balaban J connectivity index is 2.36. The molecular formula is C10H7ClN4O4S. The van der Waals surface area contributed by atoms with Crippen molar-refractivity contribution in [2.24, 2.45) is 0 Å². The van der Waals surface area contributed by atoms with Gasteiger partial charge in [-0.15, -0.1) is 0 Å². The first-order valence-electron chi connectivity index (χ1n) is 5.10. The lowest BCUT2D eigenvalue weighted by Crippen LogP contribution is -2.17. The molecule has 2 rings (SSSR count).